The van der Waals surface area contributed by atoms with Crippen LogP contribution in [0.2, 0.25) is 0 Å². The molecule has 9 heavy (non-hydrogen) atoms. The van der Waals surface area contributed by atoms with Crippen LogP contribution in [0.4, 0.5) is 0 Å². The summed E-state index contributed by atoms with van der Waals surface area (Å²) in [4.78, 5) is 20.4. The Kier molecular flexibility index (Phi) is 2.91. The quantitative estimate of drug-likeness (QED) is 0.523. The molecule has 0 bridgehead atoms. The summed E-state index contributed by atoms with van der Waals surface area (Å²) in [6, 6.07) is 0. The monoisotopic (exact) mass is 129 g/mol. The van der Waals surface area contributed by atoms with Gasteiger partial charge in [0.15, 0.2) is 0 Å². The molecule has 0 aliphatic heterocycles. The lowest BCUT2D eigenvalue weighted by atomic mass is 10.0. The first-order chi connectivity index (χ1) is 4.09. The summed E-state index contributed by atoms with van der Waals surface area (Å²) in [6.45, 7) is 2.89. The number of ketones is 1. The van der Waals surface area contributed by atoms with Gasteiger partial charge in [0.1, 0.15) is 11.7 Å². The zero-order valence-corrected chi connectivity index (χ0v) is 5.51. The first kappa shape index (κ1) is 8.14. The van der Waals surface area contributed by atoms with Gasteiger partial charge in [-0.15, -0.1) is 0 Å². The van der Waals surface area contributed by atoms with Crippen molar-refractivity contribution in [1.29, 1.82) is 0 Å². The van der Waals surface area contributed by atoms with Crippen molar-refractivity contribution in [2.24, 2.45) is 5.92 Å². The van der Waals surface area contributed by atoms with E-state index < -0.39 is 11.9 Å². The van der Waals surface area contributed by atoms with Crippen molar-refractivity contribution in [1.82, 2.24) is 0 Å². The second-order valence-corrected chi connectivity index (χ2v) is 1.89. The predicted molar refractivity (Wildman–Crippen MR) is 30.2 cm³/mol. The summed E-state index contributed by atoms with van der Waals surface area (Å²) in [5.41, 5.74) is 0. The van der Waals surface area contributed by atoms with Crippen molar-refractivity contribution in [2.45, 2.75) is 20.3 Å². The fourth-order valence-electron chi connectivity index (χ4n) is 0.620. The third-order valence-corrected chi connectivity index (χ3v) is 1.18. The highest BCUT2D eigenvalue weighted by Gasteiger charge is 2.21. The standard InChI is InChI=1S/C6H9O3/c1-3-5(4(2)7)6(8)9/h5H,3H2,1-2H3. The highest BCUT2D eigenvalue weighted by Crippen LogP contribution is 2.02. The third kappa shape index (κ3) is 2.26. The van der Waals surface area contributed by atoms with Gasteiger partial charge in [-0.25, -0.2) is 9.90 Å². The largest absolute Gasteiger partial charge is 0.365 e. The van der Waals surface area contributed by atoms with Gasteiger partial charge in [-0.3, -0.25) is 4.79 Å². The lowest BCUT2D eigenvalue weighted by Crippen LogP contribution is -2.18. The Morgan fingerprint density at radius 1 is 1.44 bits per heavy atom. The Bertz CT molecular complexity index is 114. The summed E-state index contributed by atoms with van der Waals surface area (Å²) in [5.74, 6) is -2.52. The van der Waals surface area contributed by atoms with E-state index in [0.29, 0.717) is 6.42 Å². The topological polar surface area (TPSA) is 54.0 Å². The van der Waals surface area contributed by atoms with Crippen LogP contribution in [0.3, 0.4) is 0 Å². The van der Waals surface area contributed by atoms with Crippen LogP contribution in [0.5, 0.6) is 0 Å². The van der Waals surface area contributed by atoms with Gasteiger partial charge in [0.05, 0.1) is 0 Å². The summed E-state index contributed by atoms with van der Waals surface area (Å²) < 4.78 is 0. The van der Waals surface area contributed by atoms with Crippen molar-refractivity contribution >= 4 is 11.8 Å². The maximum absolute atomic E-state index is 10.4. The van der Waals surface area contributed by atoms with Crippen LogP contribution < -0.4 is 0 Å². The molecule has 0 fully saturated rings. The maximum atomic E-state index is 10.4. The van der Waals surface area contributed by atoms with E-state index in [1.54, 1.807) is 6.92 Å². The first-order valence-corrected chi connectivity index (χ1v) is 2.81. The highest BCUT2D eigenvalue weighted by molar-refractivity contribution is 5.96. The molecule has 0 saturated carbocycles. The lowest BCUT2D eigenvalue weighted by molar-refractivity contribution is -0.151. The molecule has 3 nitrogen and oxygen atoms in total. The van der Waals surface area contributed by atoms with Crippen LogP contribution in [-0.4, -0.2) is 11.8 Å². The molecule has 0 aromatic heterocycles. The molecule has 0 aromatic carbocycles. The van der Waals surface area contributed by atoms with Crippen LogP contribution in [0.1, 0.15) is 20.3 Å². The molecule has 3 heteroatoms. The SMILES string of the molecule is CCC(C(C)=O)C([O])=O. The normalized spacial score (nSPS) is 12.7. The number of hydrogen-bond donors (Lipinski definition) is 0. The molecule has 1 radical (unpaired) electrons. The fourth-order valence-corrected chi connectivity index (χ4v) is 0.620. The summed E-state index contributed by atoms with van der Waals surface area (Å²) >= 11 is 0. The fraction of sp³-hybridized carbons (Fsp3) is 0.667. The van der Waals surface area contributed by atoms with Crippen LogP contribution >= 0.6 is 0 Å². The van der Waals surface area contributed by atoms with Gasteiger partial charge in [-0.05, 0) is 13.3 Å². The Hall–Kier alpha value is -0.860. The molecular formula is C6H9O3. The summed E-state index contributed by atoms with van der Waals surface area (Å²) in [5, 5.41) is 10.0. The third-order valence-electron chi connectivity index (χ3n) is 1.18. The second-order valence-electron chi connectivity index (χ2n) is 1.89. The molecule has 0 N–H and O–H groups in total. The smallest absolute Gasteiger partial charge is 0.299 e. The van der Waals surface area contributed by atoms with Crippen molar-refractivity contribution < 1.29 is 14.7 Å². The van der Waals surface area contributed by atoms with E-state index in [-0.39, 0.29) is 5.78 Å². The number of carbonyl (C=O) groups excluding carboxylic acids is 2. The van der Waals surface area contributed by atoms with Gasteiger partial charge < -0.3 is 0 Å². The van der Waals surface area contributed by atoms with E-state index in [0.717, 1.165) is 0 Å². The van der Waals surface area contributed by atoms with Crippen molar-refractivity contribution in [3.63, 3.8) is 0 Å². The van der Waals surface area contributed by atoms with Crippen LogP contribution in [-0.2, 0) is 14.7 Å². The van der Waals surface area contributed by atoms with Crippen molar-refractivity contribution in [3.05, 3.63) is 0 Å². The van der Waals surface area contributed by atoms with Crippen molar-refractivity contribution in [3.8, 4) is 0 Å². The molecule has 51 valence electrons. The van der Waals surface area contributed by atoms with Gasteiger partial charge in [0.2, 0.25) is 0 Å². The van der Waals surface area contributed by atoms with Gasteiger partial charge in [-0.1, -0.05) is 6.92 Å². The van der Waals surface area contributed by atoms with E-state index in [9.17, 15) is 14.7 Å². The molecular weight excluding hydrogens is 120 g/mol. The highest BCUT2D eigenvalue weighted by atomic mass is 16.4. The molecule has 1 unspecified atom stereocenters. The second kappa shape index (κ2) is 3.22. The minimum absolute atomic E-state index is 0.317. The zero-order chi connectivity index (χ0) is 7.44. The maximum Gasteiger partial charge on any atom is 0.365 e. The van der Waals surface area contributed by atoms with Crippen LogP contribution in [0.15, 0.2) is 0 Å². The lowest BCUT2D eigenvalue weighted by Gasteiger charge is -1.99. The number of carbonyl (C=O) groups is 2. The molecule has 0 saturated heterocycles. The van der Waals surface area contributed by atoms with Crippen LogP contribution in [0, 0.1) is 5.92 Å². The van der Waals surface area contributed by atoms with Crippen LogP contribution in [0.25, 0.3) is 0 Å². The predicted octanol–water partition coefficient (Wildman–Crippen LogP) is 0.559. The summed E-state index contributed by atoms with van der Waals surface area (Å²) in [7, 11) is 0. The number of hydrogen-bond acceptors (Lipinski definition) is 2. The Balaban J connectivity index is 3.99. The van der Waals surface area contributed by atoms with Gasteiger partial charge >= 0.3 is 5.97 Å². The Morgan fingerprint density at radius 2 is 1.89 bits per heavy atom. The minimum atomic E-state index is -1.27. The van der Waals surface area contributed by atoms with E-state index in [1.807, 2.05) is 0 Å². The van der Waals surface area contributed by atoms with Crippen molar-refractivity contribution in [2.75, 3.05) is 0 Å². The minimum Gasteiger partial charge on any atom is -0.299 e. The zero-order valence-electron chi connectivity index (χ0n) is 5.51. The molecule has 0 aliphatic carbocycles. The molecule has 0 heterocycles. The van der Waals surface area contributed by atoms with E-state index >= 15 is 0 Å². The average molecular weight is 129 g/mol. The van der Waals surface area contributed by atoms with E-state index in [2.05, 4.69) is 0 Å². The van der Waals surface area contributed by atoms with Gasteiger partial charge in [0.25, 0.3) is 0 Å². The molecule has 0 spiro atoms. The Labute approximate surface area is 53.7 Å². The summed E-state index contributed by atoms with van der Waals surface area (Å²) in [6.07, 6.45) is 0.317. The Morgan fingerprint density at radius 3 is 1.89 bits per heavy atom. The molecule has 1 atom stereocenters. The van der Waals surface area contributed by atoms with Gasteiger partial charge in [0, 0.05) is 0 Å². The molecule has 0 aliphatic rings. The molecule has 0 rings (SSSR count). The van der Waals surface area contributed by atoms with Gasteiger partial charge in [-0.2, -0.15) is 0 Å². The number of Topliss-reactive ketones (excluding diaryl/α,β-unsaturated/α-hetero) is 1. The first-order valence-electron chi connectivity index (χ1n) is 2.81. The van der Waals surface area contributed by atoms with E-state index in [4.69, 9.17) is 0 Å². The molecule has 0 amide bonds. The number of rotatable bonds is 3. The molecule has 0 aromatic rings. The van der Waals surface area contributed by atoms with E-state index in [1.165, 1.54) is 6.92 Å². The average Bonchev–Trinajstić information content (AvgIpc) is 1.64.